The quantitative estimate of drug-likeness (QED) is 0.183. The average Bonchev–Trinajstić information content (AvgIpc) is 3.62. The fourth-order valence-corrected chi connectivity index (χ4v) is 4.81. The zero-order chi connectivity index (χ0) is 29.1. The van der Waals surface area contributed by atoms with E-state index in [1.807, 2.05) is 47.2 Å². The lowest BCUT2D eigenvalue weighted by atomic mass is 10.0. The second-order valence-electron chi connectivity index (χ2n) is 9.51. The van der Waals surface area contributed by atoms with Crippen LogP contribution in [0.15, 0.2) is 79.1 Å². The summed E-state index contributed by atoms with van der Waals surface area (Å²) < 4.78 is 7.12. The third-order valence-electron chi connectivity index (χ3n) is 6.77. The Morgan fingerprint density at radius 1 is 1.07 bits per heavy atom. The van der Waals surface area contributed by atoms with E-state index in [4.69, 9.17) is 16.3 Å². The van der Waals surface area contributed by atoms with E-state index in [2.05, 4.69) is 36.8 Å². The molecule has 4 heterocycles. The van der Waals surface area contributed by atoms with E-state index in [1.165, 1.54) is 0 Å². The van der Waals surface area contributed by atoms with Gasteiger partial charge < -0.3 is 14.6 Å². The van der Waals surface area contributed by atoms with Crippen molar-refractivity contribution in [1.82, 2.24) is 35.3 Å². The van der Waals surface area contributed by atoms with Crippen LogP contribution in [-0.2, 0) is 13.1 Å². The van der Waals surface area contributed by atoms with E-state index in [-0.39, 0.29) is 5.91 Å². The minimum Gasteiger partial charge on any atom is -0.481 e. The van der Waals surface area contributed by atoms with Crippen molar-refractivity contribution in [3.05, 3.63) is 112 Å². The molecule has 6 rings (SSSR count). The number of nitrogens with zero attached hydrogens (tertiary/aromatic N) is 6. The molecular formula is C31H23ClN8O2. The molecule has 0 aliphatic heterocycles. The van der Waals surface area contributed by atoms with Gasteiger partial charge >= 0.3 is 0 Å². The minimum absolute atomic E-state index is 0.252. The van der Waals surface area contributed by atoms with Crippen LogP contribution < -0.4 is 10.1 Å². The monoisotopic (exact) mass is 574 g/mol. The van der Waals surface area contributed by atoms with Crippen molar-refractivity contribution < 1.29 is 9.53 Å². The maximum atomic E-state index is 13.0. The zero-order valence-corrected chi connectivity index (χ0v) is 23.1. The molecule has 0 bridgehead atoms. The van der Waals surface area contributed by atoms with Crippen LogP contribution in [0.2, 0.25) is 5.15 Å². The summed E-state index contributed by atoms with van der Waals surface area (Å²) >= 11 is 6.24. The van der Waals surface area contributed by atoms with Gasteiger partial charge in [-0.25, -0.2) is 9.97 Å². The van der Waals surface area contributed by atoms with Crippen molar-refractivity contribution >= 4 is 51.2 Å². The van der Waals surface area contributed by atoms with Gasteiger partial charge in [0.25, 0.3) is 5.91 Å². The first-order valence-corrected chi connectivity index (χ1v) is 13.3. The number of benzene rings is 2. The number of rotatable bonds is 8. The van der Waals surface area contributed by atoms with Crippen molar-refractivity contribution in [2.75, 3.05) is 7.11 Å². The first-order chi connectivity index (χ1) is 20.5. The SMILES string of the molecule is COc1ccc(Cn2cc(C=C(C#N)c3cccc(C(=O)NCc4ccc5n[nH]nc5c4)c3)c3ccc(Cl)nc32)cn1. The molecule has 6 aromatic rings. The van der Waals surface area contributed by atoms with Gasteiger partial charge in [0, 0.05) is 41.5 Å². The molecule has 2 N–H and O–H groups in total. The smallest absolute Gasteiger partial charge is 0.251 e. The molecule has 10 nitrogen and oxygen atoms in total. The molecule has 11 heteroatoms. The first-order valence-electron chi connectivity index (χ1n) is 12.9. The van der Waals surface area contributed by atoms with Crippen LogP contribution in [0.1, 0.15) is 32.6 Å². The Hall–Kier alpha value is -5.53. The highest BCUT2D eigenvalue weighted by Crippen LogP contribution is 2.28. The highest BCUT2D eigenvalue weighted by Gasteiger charge is 2.14. The Morgan fingerprint density at radius 3 is 2.71 bits per heavy atom. The number of amides is 1. The van der Waals surface area contributed by atoms with Gasteiger partial charge in [-0.1, -0.05) is 35.9 Å². The number of carbonyl (C=O) groups excluding carboxylic acids is 1. The van der Waals surface area contributed by atoms with Crippen LogP contribution in [0.25, 0.3) is 33.7 Å². The molecule has 0 radical (unpaired) electrons. The van der Waals surface area contributed by atoms with E-state index in [0.29, 0.717) is 46.5 Å². The van der Waals surface area contributed by atoms with E-state index in [0.717, 1.165) is 33.1 Å². The van der Waals surface area contributed by atoms with Crippen molar-refractivity contribution in [3.63, 3.8) is 0 Å². The Bertz CT molecular complexity index is 2000. The van der Waals surface area contributed by atoms with Gasteiger partial charge in [0.05, 0.1) is 25.3 Å². The van der Waals surface area contributed by atoms with Gasteiger partial charge in [-0.2, -0.15) is 20.7 Å². The third kappa shape index (κ3) is 5.54. The van der Waals surface area contributed by atoms with Crippen LogP contribution >= 0.6 is 11.6 Å². The maximum Gasteiger partial charge on any atom is 0.251 e. The Morgan fingerprint density at radius 2 is 1.90 bits per heavy atom. The van der Waals surface area contributed by atoms with Gasteiger partial charge in [-0.15, -0.1) is 0 Å². The fraction of sp³-hybridized carbons (Fsp3) is 0.0968. The molecule has 0 spiro atoms. The number of hydrogen-bond donors (Lipinski definition) is 2. The van der Waals surface area contributed by atoms with Crippen LogP contribution in [-0.4, -0.2) is 43.0 Å². The average molecular weight is 575 g/mol. The molecule has 0 unspecified atom stereocenters. The van der Waals surface area contributed by atoms with Crippen molar-refractivity contribution in [1.29, 1.82) is 5.26 Å². The zero-order valence-electron chi connectivity index (χ0n) is 22.4. The predicted molar refractivity (Wildman–Crippen MR) is 160 cm³/mol. The molecule has 2 aromatic carbocycles. The number of hydrogen-bond acceptors (Lipinski definition) is 7. The second kappa shape index (κ2) is 11.5. The molecule has 0 aliphatic rings. The predicted octanol–water partition coefficient (Wildman–Crippen LogP) is 5.41. The number of nitrogens with one attached hydrogen (secondary N) is 2. The highest BCUT2D eigenvalue weighted by atomic mass is 35.5. The standard InChI is InChI=1S/C31H23ClN8O2/c1-42-29-10-6-20(16-34-29)17-40-18-24(25-7-9-28(32)36-30(25)40)13-23(14-33)21-3-2-4-22(12-21)31(41)35-15-19-5-8-26-27(11-19)38-39-37-26/h2-13,16,18H,15,17H2,1H3,(H,35,41)(H,37,38,39). The summed E-state index contributed by atoms with van der Waals surface area (Å²) in [5.41, 5.74) is 6.28. The van der Waals surface area contributed by atoms with Gasteiger partial charge in [0.2, 0.25) is 5.88 Å². The van der Waals surface area contributed by atoms with Crippen LogP contribution in [0.3, 0.4) is 0 Å². The number of allylic oxidation sites excluding steroid dienone is 1. The van der Waals surface area contributed by atoms with E-state index in [1.54, 1.807) is 49.7 Å². The molecule has 206 valence electrons. The molecule has 0 fully saturated rings. The summed E-state index contributed by atoms with van der Waals surface area (Å²) in [6.07, 6.45) is 5.47. The Labute approximate surface area is 245 Å². The van der Waals surface area contributed by atoms with E-state index < -0.39 is 0 Å². The van der Waals surface area contributed by atoms with Gasteiger partial charge in [-0.3, -0.25) is 4.79 Å². The summed E-state index contributed by atoms with van der Waals surface area (Å²) in [6, 6.07) is 22.2. The topological polar surface area (TPSA) is 134 Å². The number of nitriles is 1. The normalized spacial score (nSPS) is 11.5. The lowest BCUT2D eigenvalue weighted by Gasteiger charge is -2.07. The van der Waals surface area contributed by atoms with Crippen molar-refractivity contribution in [3.8, 4) is 11.9 Å². The maximum absolute atomic E-state index is 13.0. The molecule has 0 atom stereocenters. The number of aromatic amines is 1. The number of ether oxygens (including phenoxy) is 1. The van der Waals surface area contributed by atoms with Crippen LogP contribution in [0.5, 0.6) is 5.88 Å². The number of fused-ring (bicyclic) bond motifs is 2. The van der Waals surface area contributed by atoms with Crippen molar-refractivity contribution in [2.45, 2.75) is 13.1 Å². The lowest BCUT2D eigenvalue weighted by Crippen LogP contribution is -2.22. The van der Waals surface area contributed by atoms with Crippen LogP contribution in [0, 0.1) is 11.3 Å². The molecule has 1 amide bonds. The summed E-state index contributed by atoms with van der Waals surface area (Å²) in [6.45, 7) is 0.821. The van der Waals surface area contributed by atoms with Gasteiger partial charge in [-0.05, 0) is 59.2 Å². The summed E-state index contributed by atoms with van der Waals surface area (Å²) in [5, 5.41) is 25.0. The number of halogens is 1. The largest absolute Gasteiger partial charge is 0.481 e. The number of carbonyl (C=O) groups is 1. The number of methoxy groups -OCH3 is 1. The number of pyridine rings is 2. The van der Waals surface area contributed by atoms with Crippen molar-refractivity contribution in [2.24, 2.45) is 0 Å². The van der Waals surface area contributed by atoms with E-state index >= 15 is 0 Å². The Kier molecular flexibility index (Phi) is 7.32. The lowest BCUT2D eigenvalue weighted by molar-refractivity contribution is 0.0951. The molecule has 4 aromatic heterocycles. The Balaban J connectivity index is 1.26. The second-order valence-corrected chi connectivity index (χ2v) is 9.89. The fourth-order valence-electron chi connectivity index (χ4n) is 4.67. The molecule has 0 saturated heterocycles. The minimum atomic E-state index is -0.252. The summed E-state index contributed by atoms with van der Waals surface area (Å²) in [5.74, 6) is 0.279. The molecule has 0 saturated carbocycles. The number of H-pyrrole nitrogens is 1. The number of aromatic nitrogens is 6. The van der Waals surface area contributed by atoms with Crippen LogP contribution in [0.4, 0.5) is 0 Å². The van der Waals surface area contributed by atoms with E-state index in [9.17, 15) is 10.1 Å². The molecular weight excluding hydrogens is 552 g/mol. The van der Waals surface area contributed by atoms with Gasteiger partial charge in [0.1, 0.15) is 21.8 Å². The van der Waals surface area contributed by atoms with Gasteiger partial charge in [0.15, 0.2) is 0 Å². The molecule has 0 aliphatic carbocycles. The summed E-state index contributed by atoms with van der Waals surface area (Å²) in [7, 11) is 1.57. The third-order valence-corrected chi connectivity index (χ3v) is 6.98. The summed E-state index contributed by atoms with van der Waals surface area (Å²) in [4.78, 5) is 21.8. The molecule has 42 heavy (non-hydrogen) atoms. The first kappa shape index (κ1) is 26.7. The highest BCUT2D eigenvalue weighted by molar-refractivity contribution is 6.29.